The second kappa shape index (κ2) is 5.10. The lowest BCUT2D eigenvalue weighted by molar-refractivity contribution is 0.0909. The summed E-state index contributed by atoms with van der Waals surface area (Å²) in [5.41, 5.74) is 1.45. The van der Waals surface area contributed by atoms with Gasteiger partial charge in [0.05, 0.1) is 0 Å². The zero-order valence-corrected chi connectivity index (χ0v) is 13.2. The number of nitrogens with zero attached hydrogens (tertiary/aromatic N) is 3. The third-order valence-corrected chi connectivity index (χ3v) is 4.88. The van der Waals surface area contributed by atoms with Crippen LogP contribution in [0, 0.1) is 5.92 Å². The Morgan fingerprint density at radius 3 is 3.19 bits per heavy atom. The van der Waals surface area contributed by atoms with Crippen LogP contribution in [0.2, 0.25) is 0 Å². The minimum atomic E-state index is 0.00382. The van der Waals surface area contributed by atoms with E-state index in [0.717, 1.165) is 29.1 Å². The molecule has 3 atom stereocenters. The summed E-state index contributed by atoms with van der Waals surface area (Å²) in [4.78, 5) is 19.2. The van der Waals surface area contributed by atoms with Gasteiger partial charge in [-0.2, -0.15) is 0 Å². The fourth-order valence-electron chi connectivity index (χ4n) is 3.53. The van der Waals surface area contributed by atoms with Gasteiger partial charge in [-0.25, -0.2) is 4.98 Å². The van der Waals surface area contributed by atoms with Crippen LogP contribution < -0.4 is 5.32 Å². The molecule has 2 aliphatic rings. The number of nitrogens with one attached hydrogen (secondary N) is 1. The van der Waals surface area contributed by atoms with Gasteiger partial charge in [0.15, 0.2) is 0 Å². The van der Waals surface area contributed by atoms with Crippen LogP contribution in [0.15, 0.2) is 29.1 Å². The molecule has 0 saturated carbocycles. The summed E-state index contributed by atoms with van der Waals surface area (Å²) in [6.07, 6.45) is 6.14. The van der Waals surface area contributed by atoms with Gasteiger partial charge in [0.25, 0.3) is 5.91 Å². The molecule has 0 spiro atoms. The number of imidazole rings is 1. The summed E-state index contributed by atoms with van der Waals surface area (Å²) in [6.45, 7) is 3.38. The third-order valence-electron chi connectivity index (χ3n) is 4.49. The van der Waals surface area contributed by atoms with Crippen molar-refractivity contribution in [3.63, 3.8) is 0 Å². The monoisotopic (exact) mass is 348 g/mol. The molecule has 2 aromatic heterocycles. The molecule has 1 amide bonds. The van der Waals surface area contributed by atoms with Crippen LogP contribution in [0.1, 0.15) is 23.2 Å². The van der Waals surface area contributed by atoms with E-state index >= 15 is 0 Å². The van der Waals surface area contributed by atoms with Crippen molar-refractivity contribution in [3.8, 4) is 0 Å². The highest BCUT2D eigenvalue weighted by Crippen LogP contribution is 2.26. The van der Waals surface area contributed by atoms with Crippen molar-refractivity contribution >= 4 is 27.5 Å². The third kappa shape index (κ3) is 2.58. The topological polar surface area (TPSA) is 49.6 Å². The van der Waals surface area contributed by atoms with Gasteiger partial charge in [-0.1, -0.05) is 0 Å². The molecule has 2 saturated heterocycles. The fourth-order valence-corrected chi connectivity index (χ4v) is 3.93. The van der Waals surface area contributed by atoms with E-state index in [1.807, 2.05) is 28.9 Å². The van der Waals surface area contributed by atoms with Crippen molar-refractivity contribution in [3.05, 3.63) is 34.7 Å². The van der Waals surface area contributed by atoms with Gasteiger partial charge in [0.2, 0.25) is 0 Å². The van der Waals surface area contributed by atoms with E-state index in [4.69, 9.17) is 0 Å². The number of rotatable bonds is 2. The zero-order chi connectivity index (χ0) is 14.4. The molecule has 4 rings (SSSR count). The molecule has 21 heavy (non-hydrogen) atoms. The predicted molar refractivity (Wildman–Crippen MR) is 83.3 cm³/mol. The number of hydrogen-bond acceptors (Lipinski definition) is 3. The lowest BCUT2D eigenvalue weighted by atomic mass is 9.96. The van der Waals surface area contributed by atoms with Crippen molar-refractivity contribution in [2.24, 2.45) is 5.92 Å². The largest absolute Gasteiger partial charge is 0.348 e. The van der Waals surface area contributed by atoms with Gasteiger partial charge in [-0.15, -0.1) is 0 Å². The Hall–Kier alpha value is -1.40. The molecule has 1 N–H and O–H groups in total. The average Bonchev–Trinajstić information content (AvgIpc) is 2.99. The molecule has 1 unspecified atom stereocenters. The van der Waals surface area contributed by atoms with Crippen molar-refractivity contribution in [1.82, 2.24) is 19.6 Å². The molecule has 4 heterocycles. The highest BCUT2D eigenvalue weighted by Gasteiger charge is 2.32. The van der Waals surface area contributed by atoms with Crippen molar-refractivity contribution in [2.75, 3.05) is 19.6 Å². The molecular weight excluding hydrogens is 332 g/mol. The first-order valence-electron chi connectivity index (χ1n) is 7.35. The molecule has 5 nitrogen and oxygen atoms in total. The minimum absolute atomic E-state index is 0.00382. The molecule has 2 aromatic rings. The Balaban J connectivity index is 1.50. The van der Waals surface area contributed by atoms with Crippen LogP contribution in [0.5, 0.6) is 0 Å². The molecule has 2 bridgehead atoms. The maximum atomic E-state index is 12.4. The van der Waals surface area contributed by atoms with Gasteiger partial charge >= 0.3 is 0 Å². The van der Waals surface area contributed by atoms with E-state index in [1.54, 1.807) is 0 Å². The Bertz CT molecular complexity index is 686. The summed E-state index contributed by atoms with van der Waals surface area (Å²) < 4.78 is 2.67. The number of aromatic nitrogens is 2. The number of carbonyl (C=O) groups is 1. The molecule has 2 fully saturated rings. The Labute approximate surface area is 131 Å². The van der Waals surface area contributed by atoms with E-state index in [2.05, 4.69) is 31.1 Å². The normalized spacial score (nSPS) is 28.0. The second-order valence-corrected chi connectivity index (χ2v) is 6.88. The van der Waals surface area contributed by atoms with Crippen molar-refractivity contribution in [1.29, 1.82) is 0 Å². The second-order valence-electron chi connectivity index (χ2n) is 6.06. The summed E-state index contributed by atoms with van der Waals surface area (Å²) in [7, 11) is 0. The average molecular weight is 349 g/mol. The van der Waals surface area contributed by atoms with Crippen LogP contribution in [0.25, 0.3) is 5.65 Å². The lowest BCUT2D eigenvalue weighted by Crippen LogP contribution is -2.47. The van der Waals surface area contributed by atoms with E-state index in [1.165, 1.54) is 19.5 Å². The highest BCUT2D eigenvalue weighted by atomic mass is 79.9. The van der Waals surface area contributed by atoms with Crippen LogP contribution in [-0.2, 0) is 0 Å². The van der Waals surface area contributed by atoms with Crippen LogP contribution in [0.4, 0.5) is 0 Å². The standard InChI is InChI=1S/C15H17BrN4O/c16-13-9-20-4-2-11(6-14(20)18-13)15(21)17-12-5-10-1-3-19(7-10)8-12/h2,4,6,9-10,12H,1,3,5,7-8H2,(H,17,21)/t10-,12-/m1/s1. The number of piperidine rings is 1. The molecule has 0 aromatic carbocycles. The first kappa shape index (κ1) is 13.3. The summed E-state index contributed by atoms with van der Waals surface area (Å²) >= 11 is 3.35. The SMILES string of the molecule is O=C(N[C@@H]1C[C@H]2CCN(C2)C1)c1ccn2cc(Br)nc2c1. The smallest absolute Gasteiger partial charge is 0.251 e. The number of pyridine rings is 1. The lowest BCUT2D eigenvalue weighted by Gasteiger charge is -2.30. The molecule has 0 radical (unpaired) electrons. The van der Waals surface area contributed by atoms with Gasteiger partial charge in [0.1, 0.15) is 10.3 Å². The number of hydrogen-bond donors (Lipinski definition) is 1. The fraction of sp³-hybridized carbons (Fsp3) is 0.467. The Morgan fingerprint density at radius 2 is 2.33 bits per heavy atom. The molecule has 2 aliphatic heterocycles. The van der Waals surface area contributed by atoms with Gasteiger partial charge in [-0.3, -0.25) is 4.79 Å². The Morgan fingerprint density at radius 1 is 1.43 bits per heavy atom. The van der Waals surface area contributed by atoms with Gasteiger partial charge in [0, 0.05) is 37.1 Å². The molecular formula is C15H17BrN4O. The Kier molecular flexibility index (Phi) is 3.23. The van der Waals surface area contributed by atoms with Crippen LogP contribution >= 0.6 is 15.9 Å². The number of halogens is 1. The summed E-state index contributed by atoms with van der Waals surface area (Å²) in [6, 6.07) is 3.95. The molecule has 0 aliphatic carbocycles. The number of fused-ring (bicyclic) bond motifs is 3. The maximum Gasteiger partial charge on any atom is 0.251 e. The highest BCUT2D eigenvalue weighted by molar-refractivity contribution is 9.10. The van der Waals surface area contributed by atoms with Gasteiger partial charge in [-0.05, 0) is 53.4 Å². The number of carbonyl (C=O) groups excluding carboxylic acids is 1. The van der Waals surface area contributed by atoms with Crippen molar-refractivity contribution < 1.29 is 4.79 Å². The maximum absolute atomic E-state index is 12.4. The summed E-state index contributed by atoms with van der Waals surface area (Å²) in [5, 5.41) is 3.18. The first-order chi connectivity index (χ1) is 10.2. The van der Waals surface area contributed by atoms with Crippen LogP contribution in [0.3, 0.4) is 0 Å². The molecule has 110 valence electrons. The van der Waals surface area contributed by atoms with Crippen LogP contribution in [-0.4, -0.2) is 45.9 Å². The van der Waals surface area contributed by atoms with E-state index in [0.29, 0.717) is 5.56 Å². The van der Waals surface area contributed by atoms with Crippen molar-refractivity contribution in [2.45, 2.75) is 18.9 Å². The quantitative estimate of drug-likeness (QED) is 0.901. The zero-order valence-electron chi connectivity index (χ0n) is 11.6. The van der Waals surface area contributed by atoms with Gasteiger partial charge < -0.3 is 14.6 Å². The minimum Gasteiger partial charge on any atom is -0.348 e. The van der Waals surface area contributed by atoms with E-state index in [-0.39, 0.29) is 11.9 Å². The molecule has 6 heteroatoms. The van der Waals surface area contributed by atoms with E-state index < -0.39 is 0 Å². The predicted octanol–water partition coefficient (Wildman–Crippen LogP) is 1.92. The van der Waals surface area contributed by atoms with E-state index in [9.17, 15) is 4.79 Å². The number of amides is 1. The first-order valence-corrected chi connectivity index (χ1v) is 8.14. The summed E-state index contributed by atoms with van der Waals surface area (Å²) in [5.74, 6) is 0.763.